The zero-order valence-corrected chi connectivity index (χ0v) is 12.6. The van der Waals surface area contributed by atoms with Crippen LogP contribution in [0.3, 0.4) is 0 Å². The van der Waals surface area contributed by atoms with Gasteiger partial charge in [-0.2, -0.15) is 13.5 Å². The van der Waals surface area contributed by atoms with E-state index in [1.165, 1.54) is 0 Å². The van der Waals surface area contributed by atoms with E-state index >= 15 is 0 Å². The Hall–Kier alpha value is -1.10. The van der Waals surface area contributed by atoms with Gasteiger partial charge in [0.1, 0.15) is 6.10 Å². The van der Waals surface area contributed by atoms with Crippen molar-refractivity contribution in [1.29, 1.82) is 0 Å². The first kappa shape index (κ1) is 16.0. The van der Waals surface area contributed by atoms with E-state index in [1.807, 2.05) is 30.3 Å². The molecular weight excluding hydrogens is 256 g/mol. The molecule has 19 heavy (non-hydrogen) atoms. The number of hydrogen-bond acceptors (Lipinski definition) is 3. The molecule has 1 aromatic heterocycles. The number of hydrogen-bond donors (Lipinski definition) is 2. The van der Waals surface area contributed by atoms with Crippen LogP contribution in [0.25, 0.3) is 10.8 Å². The molecule has 1 heterocycles. The molecule has 1 aromatic carbocycles. The van der Waals surface area contributed by atoms with Crippen molar-refractivity contribution in [1.82, 2.24) is 10.3 Å². The van der Waals surface area contributed by atoms with Gasteiger partial charge < -0.3 is 10.4 Å². The van der Waals surface area contributed by atoms with Crippen LogP contribution < -0.4 is 5.32 Å². The van der Waals surface area contributed by atoms with E-state index in [0.29, 0.717) is 6.54 Å². The van der Waals surface area contributed by atoms with E-state index in [1.54, 1.807) is 6.20 Å². The molecule has 0 saturated heterocycles. The first-order valence-electron chi connectivity index (χ1n) is 6.24. The Kier molecular flexibility index (Phi) is 5.35. The second-order valence-electron chi connectivity index (χ2n) is 5.56. The van der Waals surface area contributed by atoms with Crippen molar-refractivity contribution in [3.05, 3.63) is 42.2 Å². The van der Waals surface area contributed by atoms with E-state index < -0.39 is 6.10 Å². The zero-order valence-electron chi connectivity index (χ0n) is 11.6. The van der Waals surface area contributed by atoms with Gasteiger partial charge in [0.15, 0.2) is 0 Å². The number of nitrogens with one attached hydrogen (secondary N) is 1. The predicted molar refractivity (Wildman–Crippen MR) is 84.8 cm³/mol. The summed E-state index contributed by atoms with van der Waals surface area (Å²) >= 11 is 0. The maximum atomic E-state index is 10.3. The third kappa shape index (κ3) is 4.20. The monoisotopic (exact) mass is 278 g/mol. The third-order valence-corrected chi connectivity index (χ3v) is 2.85. The van der Waals surface area contributed by atoms with Gasteiger partial charge in [0.25, 0.3) is 0 Å². The number of nitrogens with zero attached hydrogens (tertiary/aromatic N) is 1. The van der Waals surface area contributed by atoms with Crippen molar-refractivity contribution in [3.63, 3.8) is 0 Å². The summed E-state index contributed by atoms with van der Waals surface area (Å²) in [4.78, 5) is 4.32. The number of aromatic nitrogens is 1. The molecule has 0 bridgehead atoms. The van der Waals surface area contributed by atoms with Crippen LogP contribution in [0.15, 0.2) is 36.5 Å². The molecule has 0 aliphatic rings. The minimum absolute atomic E-state index is 0. The molecule has 104 valence electrons. The topological polar surface area (TPSA) is 45.1 Å². The molecule has 0 aliphatic carbocycles. The Morgan fingerprint density at radius 2 is 1.89 bits per heavy atom. The van der Waals surface area contributed by atoms with Gasteiger partial charge in [0.2, 0.25) is 0 Å². The lowest BCUT2D eigenvalue weighted by atomic mass is 10.0. The molecule has 0 spiro atoms. The Balaban J connectivity index is 0.00000180. The van der Waals surface area contributed by atoms with Crippen molar-refractivity contribution in [3.8, 4) is 0 Å². The molecule has 2 aromatic rings. The average Bonchev–Trinajstić information content (AvgIpc) is 2.34. The van der Waals surface area contributed by atoms with Crippen LogP contribution in [0.4, 0.5) is 0 Å². The van der Waals surface area contributed by atoms with Crippen LogP contribution in [0.1, 0.15) is 32.6 Å². The second-order valence-corrected chi connectivity index (χ2v) is 5.56. The number of aliphatic hydroxyl groups excluding tert-OH is 1. The molecule has 0 radical (unpaired) electrons. The highest BCUT2D eigenvalue weighted by Crippen LogP contribution is 2.21. The highest BCUT2D eigenvalue weighted by Gasteiger charge is 2.16. The van der Waals surface area contributed by atoms with Gasteiger partial charge in [-0.05, 0) is 32.2 Å². The van der Waals surface area contributed by atoms with Crippen LogP contribution in [0.2, 0.25) is 0 Å². The molecule has 2 rings (SSSR count). The summed E-state index contributed by atoms with van der Waals surface area (Å²) in [6.45, 7) is 6.74. The molecule has 0 fully saturated rings. The number of β-amino-alcohol motifs (C(OH)–C–C–N with tert-alkyl or cyclic N) is 1. The molecule has 0 unspecified atom stereocenters. The Bertz CT molecular complexity index is 532. The van der Waals surface area contributed by atoms with Crippen LogP contribution >= 0.6 is 13.5 Å². The average molecular weight is 278 g/mol. The maximum absolute atomic E-state index is 10.3. The lowest BCUT2D eigenvalue weighted by Gasteiger charge is -2.23. The van der Waals surface area contributed by atoms with Crippen molar-refractivity contribution in [2.24, 2.45) is 0 Å². The lowest BCUT2D eigenvalue weighted by Crippen LogP contribution is -2.38. The Morgan fingerprint density at radius 1 is 1.21 bits per heavy atom. The first-order chi connectivity index (χ1) is 8.47. The van der Waals surface area contributed by atoms with E-state index in [9.17, 15) is 5.11 Å². The van der Waals surface area contributed by atoms with Crippen LogP contribution in [0, 0.1) is 0 Å². The minimum Gasteiger partial charge on any atom is -0.385 e. The second kappa shape index (κ2) is 6.37. The van der Waals surface area contributed by atoms with Crippen molar-refractivity contribution >= 4 is 24.3 Å². The summed E-state index contributed by atoms with van der Waals surface area (Å²) < 4.78 is 0. The highest BCUT2D eigenvalue weighted by atomic mass is 32.1. The highest BCUT2D eigenvalue weighted by molar-refractivity contribution is 7.59. The van der Waals surface area contributed by atoms with E-state index in [-0.39, 0.29) is 19.0 Å². The fourth-order valence-corrected chi connectivity index (χ4v) is 1.91. The summed E-state index contributed by atoms with van der Waals surface area (Å²) in [5.74, 6) is 0. The molecule has 0 amide bonds. The van der Waals surface area contributed by atoms with Crippen molar-refractivity contribution in [2.45, 2.75) is 32.4 Å². The summed E-state index contributed by atoms with van der Waals surface area (Å²) in [6.07, 6.45) is 1.16. The summed E-state index contributed by atoms with van der Waals surface area (Å²) in [5, 5.41) is 15.7. The molecule has 3 nitrogen and oxygen atoms in total. The number of fused-ring (bicyclic) bond motifs is 1. The van der Waals surface area contributed by atoms with Gasteiger partial charge in [-0.25, -0.2) is 0 Å². The van der Waals surface area contributed by atoms with Gasteiger partial charge >= 0.3 is 0 Å². The third-order valence-electron chi connectivity index (χ3n) is 2.85. The Morgan fingerprint density at radius 3 is 2.58 bits per heavy atom. The molecular formula is C15H22N2OS. The molecule has 0 aliphatic heterocycles. The van der Waals surface area contributed by atoms with Gasteiger partial charge in [0, 0.05) is 23.7 Å². The molecule has 0 saturated carbocycles. The normalized spacial score (nSPS) is 13.1. The van der Waals surface area contributed by atoms with Gasteiger partial charge in [0.05, 0.1) is 5.69 Å². The van der Waals surface area contributed by atoms with Crippen LogP contribution in [0.5, 0.6) is 0 Å². The number of rotatable bonds is 3. The standard InChI is InChI=1S/C15H20N2O.H2S/c1-15(2,3)17-10-13(18)14-12-7-5-4-6-11(12)8-9-16-14;/h4-9,13,17-18H,10H2,1-3H3;1H2/t13-;/m0./s1. The fourth-order valence-electron chi connectivity index (χ4n) is 1.91. The zero-order chi connectivity index (χ0) is 13.2. The smallest absolute Gasteiger partial charge is 0.109 e. The Labute approximate surface area is 121 Å². The van der Waals surface area contributed by atoms with Crippen molar-refractivity contribution < 1.29 is 5.11 Å². The number of pyridine rings is 1. The van der Waals surface area contributed by atoms with E-state index in [2.05, 4.69) is 31.1 Å². The molecule has 4 heteroatoms. The largest absolute Gasteiger partial charge is 0.385 e. The van der Waals surface area contributed by atoms with E-state index in [4.69, 9.17) is 0 Å². The fraction of sp³-hybridized carbons (Fsp3) is 0.400. The number of aliphatic hydroxyl groups is 1. The lowest BCUT2D eigenvalue weighted by molar-refractivity contribution is 0.160. The SMILES string of the molecule is CC(C)(C)NC[C@H](O)c1nccc2ccccc12.S. The quantitative estimate of drug-likeness (QED) is 0.907. The minimum atomic E-state index is -0.588. The van der Waals surface area contributed by atoms with Gasteiger partial charge in [-0.1, -0.05) is 24.3 Å². The molecule has 2 N–H and O–H groups in total. The molecule has 1 atom stereocenters. The van der Waals surface area contributed by atoms with Crippen molar-refractivity contribution in [2.75, 3.05) is 6.54 Å². The summed E-state index contributed by atoms with van der Waals surface area (Å²) in [6, 6.07) is 9.95. The van der Waals surface area contributed by atoms with Crippen LogP contribution in [-0.2, 0) is 0 Å². The van der Waals surface area contributed by atoms with Crippen LogP contribution in [-0.4, -0.2) is 22.2 Å². The van der Waals surface area contributed by atoms with Gasteiger partial charge in [-0.3, -0.25) is 4.98 Å². The summed E-state index contributed by atoms with van der Waals surface area (Å²) in [7, 11) is 0. The van der Waals surface area contributed by atoms with E-state index in [0.717, 1.165) is 16.5 Å². The summed E-state index contributed by atoms with van der Waals surface area (Å²) in [5.41, 5.74) is 0.732. The first-order valence-corrected chi connectivity index (χ1v) is 6.24. The predicted octanol–water partition coefficient (Wildman–Crippen LogP) is 2.77. The van der Waals surface area contributed by atoms with Gasteiger partial charge in [-0.15, -0.1) is 0 Å². The number of benzene rings is 1. The maximum Gasteiger partial charge on any atom is 0.109 e.